The van der Waals surface area contributed by atoms with E-state index in [4.69, 9.17) is 4.74 Å². The van der Waals surface area contributed by atoms with Gasteiger partial charge in [-0.15, -0.1) is 0 Å². The molecular weight excluding hydrogens is 368 g/mol. The fraction of sp³-hybridized carbons (Fsp3) is 0.409. The molecule has 7 nitrogen and oxygen atoms in total. The van der Waals surface area contributed by atoms with Gasteiger partial charge in [-0.1, -0.05) is 31.0 Å². The third kappa shape index (κ3) is 5.24. The Morgan fingerprint density at radius 3 is 2.79 bits per heavy atom. The first kappa shape index (κ1) is 20.6. The quantitative estimate of drug-likeness (QED) is 0.408. The van der Waals surface area contributed by atoms with E-state index in [2.05, 4.69) is 10.6 Å². The number of aromatic nitrogens is 1. The van der Waals surface area contributed by atoms with Crippen LogP contribution in [-0.2, 0) is 20.9 Å². The second-order valence-electron chi connectivity index (χ2n) is 7.20. The molecule has 0 bridgehead atoms. The number of nitrogens with zero attached hydrogens (tertiary/aromatic N) is 2. The molecule has 1 aromatic heterocycles. The molecule has 0 radical (unpaired) electrons. The lowest BCUT2D eigenvalue weighted by Crippen LogP contribution is -2.33. The number of carbonyl (C=O) groups excluding carboxylic acids is 2. The zero-order valence-corrected chi connectivity index (χ0v) is 16.6. The van der Waals surface area contributed by atoms with Crippen LogP contribution in [0.2, 0.25) is 0 Å². The van der Waals surface area contributed by atoms with Gasteiger partial charge in [0, 0.05) is 42.4 Å². The predicted molar refractivity (Wildman–Crippen MR) is 111 cm³/mol. The largest absolute Gasteiger partial charge is 0.383 e. The molecule has 3 rings (SSSR count). The Balaban J connectivity index is 1.82. The summed E-state index contributed by atoms with van der Waals surface area (Å²) >= 11 is 0. The van der Waals surface area contributed by atoms with Crippen molar-refractivity contribution in [2.24, 2.45) is 0 Å². The topological polar surface area (TPSA) is 96.2 Å². The molecule has 1 fully saturated rings. The molecule has 0 unspecified atom stereocenters. The zero-order valence-electron chi connectivity index (χ0n) is 16.6. The molecule has 1 saturated carbocycles. The standard InChI is InChI=1S/C22H26N4O3/c1-29-11-10-24-21(27)15-26-14-17(19-8-4-5-9-20(19)26)12-16(13-23)22(28)25-18-6-2-3-7-18/h4-5,8-9,12,14,18H,2-3,6-7,10-11,15H2,1H3,(H,24,27)(H,25,28). The van der Waals surface area contributed by atoms with Crippen LogP contribution in [0.5, 0.6) is 0 Å². The van der Waals surface area contributed by atoms with Gasteiger partial charge in [-0.3, -0.25) is 9.59 Å². The molecule has 0 saturated heterocycles. The summed E-state index contributed by atoms with van der Waals surface area (Å²) in [5.41, 5.74) is 1.68. The number of nitrogens with one attached hydrogen (secondary N) is 2. The lowest BCUT2D eigenvalue weighted by Gasteiger charge is -2.10. The number of benzene rings is 1. The number of ether oxygens (including phenoxy) is 1. The Morgan fingerprint density at radius 1 is 1.31 bits per heavy atom. The van der Waals surface area contributed by atoms with Crippen molar-refractivity contribution >= 4 is 28.8 Å². The SMILES string of the molecule is COCCNC(=O)Cn1cc(C=C(C#N)C(=O)NC2CCCC2)c2ccccc21. The van der Waals surface area contributed by atoms with Crippen molar-refractivity contribution < 1.29 is 14.3 Å². The van der Waals surface area contributed by atoms with Crippen LogP contribution in [0.3, 0.4) is 0 Å². The normalized spacial score (nSPS) is 14.7. The molecular formula is C22H26N4O3. The number of para-hydroxylation sites is 1. The molecule has 0 atom stereocenters. The Labute approximate surface area is 170 Å². The Morgan fingerprint density at radius 2 is 2.07 bits per heavy atom. The van der Waals surface area contributed by atoms with E-state index in [1.165, 1.54) is 0 Å². The maximum absolute atomic E-state index is 12.5. The van der Waals surface area contributed by atoms with Crippen LogP contribution in [-0.4, -0.2) is 42.7 Å². The number of rotatable bonds is 8. The van der Waals surface area contributed by atoms with E-state index >= 15 is 0 Å². The summed E-state index contributed by atoms with van der Waals surface area (Å²) in [6.07, 6.45) is 7.55. The summed E-state index contributed by atoms with van der Waals surface area (Å²) in [5.74, 6) is -0.466. The molecule has 0 aliphatic heterocycles. The highest BCUT2D eigenvalue weighted by Gasteiger charge is 2.20. The van der Waals surface area contributed by atoms with E-state index in [9.17, 15) is 14.9 Å². The van der Waals surface area contributed by atoms with Crippen molar-refractivity contribution in [3.8, 4) is 6.07 Å². The molecule has 1 aliphatic rings. The average Bonchev–Trinajstić information content (AvgIpc) is 3.34. The summed E-state index contributed by atoms with van der Waals surface area (Å²) in [7, 11) is 1.58. The molecule has 2 aromatic rings. The number of carbonyl (C=O) groups is 2. The molecule has 1 aromatic carbocycles. The predicted octanol–water partition coefficient (Wildman–Crippen LogP) is 2.37. The van der Waals surface area contributed by atoms with Crippen LogP contribution < -0.4 is 10.6 Å². The molecule has 2 amide bonds. The number of amides is 2. The van der Waals surface area contributed by atoms with Crippen molar-refractivity contribution in [2.75, 3.05) is 20.3 Å². The van der Waals surface area contributed by atoms with Gasteiger partial charge in [0.1, 0.15) is 18.2 Å². The van der Waals surface area contributed by atoms with Crippen molar-refractivity contribution in [1.29, 1.82) is 5.26 Å². The average molecular weight is 394 g/mol. The highest BCUT2D eigenvalue weighted by molar-refractivity contribution is 6.04. The van der Waals surface area contributed by atoms with Crippen LogP contribution in [0.4, 0.5) is 0 Å². The minimum Gasteiger partial charge on any atom is -0.383 e. The summed E-state index contributed by atoms with van der Waals surface area (Å²) in [4.78, 5) is 24.7. The monoisotopic (exact) mass is 394 g/mol. The van der Waals surface area contributed by atoms with Crippen LogP contribution >= 0.6 is 0 Å². The van der Waals surface area contributed by atoms with Crippen molar-refractivity contribution in [2.45, 2.75) is 38.3 Å². The van der Waals surface area contributed by atoms with E-state index in [-0.39, 0.29) is 30.0 Å². The number of fused-ring (bicyclic) bond motifs is 1. The minimum absolute atomic E-state index is 0.0735. The van der Waals surface area contributed by atoms with Gasteiger partial charge in [0.2, 0.25) is 5.91 Å². The van der Waals surface area contributed by atoms with Gasteiger partial charge in [0.05, 0.1) is 6.61 Å². The van der Waals surface area contributed by atoms with Gasteiger partial charge in [-0.2, -0.15) is 5.26 Å². The lowest BCUT2D eigenvalue weighted by atomic mass is 10.1. The molecule has 29 heavy (non-hydrogen) atoms. The van der Waals surface area contributed by atoms with Gasteiger partial charge >= 0.3 is 0 Å². The molecule has 152 valence electrons. The molecule has 1 heterocycles. The molecule has 7 heteroatoms. The van der Waals surface area contributed by atoms with E-state index in [0.29, 0.717) is 13.2 Å². The van der Waals surface area contributed by atoms with Crippen LogP contribution in [0.25, 0.3) is 17.0 Å². The van der Waals surface area contributed by atoms with Gasteiger partial charge in [0.25, 0.3) is 5.91 Å². The third-order valence-electron chi connectivity index (χ3n) is 5.12. The number of nitriles is 1. The highest BCUT2D eigenvalue weighted by Crippen LogP contribution is 2.24. The fourth-order valence-corrected chi connectivity index (χ4v) is 3.66. The van der Waals surface area contributed by atoms with Crippen molar-refractivity contribution in [3.05, 3.63) is 41.6 Å². The molecule has 1 aliphatic carbocycles. The van der Waals surface area contributed by atoms with E-state index in [1.807, 2.05) is 34.9 Å². The second kappa shape index (κ2) is 9.89. The first-order valence-electron chi connectivity index (χ1n) is 9.88. The fourth-order valence-electron chi connectivity index (χ4n) is 3.66. The Bertz CT molecular complexity index is 949. The number of hydrogen-bond acceptors (Lipinski definition) is 4. The number of hydrogen-bond donors (Lipinski definition) is 2. The summed E-state index contributed by atoms with van der Waals surface area (Å²) in [5, 5.41) is 16.2. The van der Waals surface area contributed by atoms with Crippen molar-refractivity contribution in [3.63, 3.8) is 0 Å². The Kier molecular flexibility index (Phi) is 7.04. The first-order valence-corrected chi connectivity index (χ1v) is 9.88. The highest BCUT2D eigenvalue weighted by atomic mass is 16.5. The Hall–Kier alpha value is -3.11. The second-order valence-corrected chi connectivity index (χ2v) is 7.20. The van der Waals surface area contributed by atoms with E-state index in [1.54, 1.807) is 19.4 Å². The summed E-state index contributed by atoms with van der Waals surface area (Å²) < 4.78 is 6.77. The van der Waals surface area contributed by atoms with E-state index < -0.39 is 0 Å². The van der Waals surface area contributed by atoms with Gasteiger partial charge in [0.15, 0.2) is 0 Å². The van der Waals surface area contributed by atoms with Gasteiger partial charge in [-0.05, 0) is 25.0 Å². The van der Waals surface area contributed by atoms with Crippen LogP contribution in [0, 0.1) is 11.3 Å². The smallest absolute Gasteiger partial charge is 0.262 e. The minimum atomic E-state index is -0.339. The summed E-state index contributed by atoms with van der Waals surface area (Å²) in [6, 6.07) is 9.80. The van der Waals surface area contributed by atoms with Crippen LogP contribution in [0.15, 0.2) is 36.0 Å². The zero-order chi connectivity index (χ0) is 20.6. The summed E-state index contributed by atoms with van der Waals surface area (Å²) in [6.45, 7) is 1.04. The van der Waals surface area contributed by atoms with Crippen molar-refractivity contribution in [1.82, 2.24) is 15.2 Å². The molecule has 0 spiro atoms. The first-order chi connectivity index (χ1) is 14.1. The van der Waals surface area contributed by atoms with Crippen LogP contribution in [0.1, 0.15) is 31.2 Å². The maximum Gasteiger partial charge on any atom is 0.262 e. The van der Waals surface area contributed by atoms with Gasteiger partial charge in [-0.25, -0.2) is 0 Å². The molecule has 2 N–H and O–H groups in total. The van der Waals surface area contributed by atoms with Gasteiger partial charge < -0.3 is 19.9 Å². The number of methoxy groups -OCH3 is 1. The third-order valence-corrected chi connectivity index (χ3v) is 5.12. The van der Waals surface area contributed by atoms with E-state index in [0.717, 1.165) is 42.1 Å². The maximum atomic E-state index is 12.5. The lowest BCUT2D eigenvalue weighted by molar-refractivity contribution is -0.121.